The Morgan fingerprint density at radius 3 is 3.19 bits per heavy atom. The lowest BCUT2D eigenvalue weighted by Gasteiger charge is -2.17. The van der Waals surface area contributed by atoms with E-state index in [1.165, 1.54) is 12.2 Å². The van der Waals surface area contributed by atoms with Crippen molar-refractivity contribution in [2.45, 2.75) is 31.6 Å². The summed E-state index contributed by atoms with van der Waals surface area (Å²) < 4.78 is 5.03. The van der Waals surface area contributed by atoms with Crippen LogP contribution < -0.4 is 0 Å². The van der Waals surface area contributed by atoms with Gasteiger partial charge < -0.3 is 9.63 Å². The van der Waals surface area contributed by atoms with Gasteiger partial charge in [-0.15, -0.1) is 0 Å². The zero-order chi connectivity index (χ0) is 11.4. The molecule has 0 amide bonds. The summed E-state index contributed by atoms with van der Waals surface area (Å²) in [6, 6.07) is 0. The summed E-state index contributed by atoms with van der Waals surface area (Å²) in [5.41, 5.74) is 0. The molecule has 1 unspecified atom stereocenters. The van der Waals surface area contributed by atoms with Gasteiger partial charge in [-0.05, 0) is 18.6 Å². The lowest BCUT2D eigenvalue weighted by atomic mass is 10.1. The number of hydrogen-bond acceptors (Lipinski definition) is 5. The van der Waals surface area contributed by atoms with Crippen molar-refractivity contribution in [1.29, 1.82) is 0 Å². The first kappa shape index (κ1) is 11.4. The fraction of sp³-hybridized carbons (Fsp3) is 0.700. The molecule has 1 fully saturated rings. The van der Waals surface area contributed by atoms with Crippen molar-refractivity contribution < 1.29 is 14.4 Å². The van der Waals surface area contributed by atoms with Gasteiger partial charge in [0.25, 0.3) is 0 Å². The fourth-order valence-corrected chi connectivity index (χ4v) is 2.83. The molecule has 0 saturated carbocycles. The number of nitrogens with zero attached hydrogens (tertiary/aromatic N) is 2. The minimum absolute atomic E-state index is 0.0427. The molecular formula is C10H14N2O3S. The molecule has 5 nitrogen and oxygen atoms in total. The topological polar surface area (TPSA) is 76.2 Å². The van der Waals surface area contributed by atoms with E-state index in [2.05, 4.69) is 10.1 Å². The molecule has 1 aliphatic heterocycles. The van der Waals surface area contributed by atoms with Gasteiger partial charge in [0, 0.05) is 18.1 Å². The molecular weight excluding hydrogens is 228 g/mol. The molecule has 1 saturated heterocycles. The van der Waals surface area contributed by atoms with Crippen LogP contribution in [0.15, 0.2) is 4.52 Å². The molecule has 1 atom stereocenters. The zero-order valence-electron chi connectivity index (χ0n) is 8.89. The van der Waals surface area contributed by atoms with E-state index in [1.807, 2.05) is 11.8 Å². The van der Waals surface area contributed by atoms with Crippen LogP contribution >= 0.6 is 11.8 Å². The van der Waals surface area contributed by atoms with Crippen LogP contribution in [-0.4, -0.2) is 32.7 Å². The highest BCUT2D eigenvalue weighted by molar-refractivity contribution is 7.99. The molecule has 1 aromatic heterocycles. The highest BCUT2D eigenvalue weighted by atomic mass is 32.2. The van der Waals surface area contributed by atoms with E-state index >= 15 is 0 Å². The predicted octanol–water partition coefficient (Wildman–Crippen LogP) is 1.70. The van der Waals surface area contributed by atoms with Crippen LogP contribution in [-0.2, 0) is 11.2 Å². The Labute approximate surface area is 97.6 Å². The summed E-state index contributed by atoms with van der Waals surface area (Å²) in [7, 11) is 0. The first-order valence-corrected chi connectivity index (χ1v) is 6.53. The smallest absolute Gasteiger partial charge is 0.303 e. The highest BCUT2D eigenvalue weighted by Crippen LogP contribution is 2.29. The SMILES string of the molecule is O=C(O)CCc1nc(C2CCCSC2)no1. The monoisotopic (exact) mass is 242 g/mol. The quantitative estimate of drug-likeness (QED) is 0.866. The number of aliphatic carboxylic acids is 1. The number of carboxylic acid groups (broad SMARTS) is 1. The summed E-state index contributed by atoms with van der Waals surface area (Å²) in [4.78, 5) is 14.6. The van der Waals surface area contributed by atoms with Crippen molar-refractivity contribution in [2.75, 3.05) is 11.5 Å². The molecule has 0 aliphatic carbocycles. The van der Waals surface area contributed by atoms with E-state index in [0.717, 1.165) is 18.0 Å². The summed E-state index contributed by atoms with van der Waals surface area (Å²) in [6.07, 6.45) is 2.66. The van der Waals surface area contributed by atoms with E-state index in [1.54, 1.807) is 0 Å². The average molecular weight is 242 g/mol. The summed E-state index contributed by atoms with van der Waals surface area (Å²) >= 11 is 1.91. The number of aromatic nitrogens is 2. The molecule has 16 heavy (non-hydrogen) atoms. The minimum atomic E-state index is -0.840. The van der Waals surface area contributed by atoms with Crippen molar-refractivity contribution >= 4 is 17.7 Å². The zero-order valence-corrected chi connectivity index (χ0v) is 9.70. The Kier molecular flexibility index (Phi) is 3.82. The molecule has 0 aromatic carbocycles. The normalized spacial score (nSPS) is 20.9. The molecule has 1 N–H and O–H groups in total. The van der Waals surface area contributed by atoms with Gasteiger partial charge >= 0.3 is 5.97 Å². The number of hydrogen-bond donors (Lipinski definition) is 1. The standard InChI is InChI=1S/C10H14N2O3S/c13-9(14)4-3-8-11-10(12-15-8)7-2-1-5-16-6-7/h7H,1-6H2,(H,13,14). The average Bonchev–Trinajstić information content (AvgIpc) is 2.76. The molecule has 1 aliphatic rings. The van der Waals surface area contributed by atoms with Crippen LogP contribution in [0.1, 0.15) is 36.9 Å². The first-order chi connectivity index (χ1) is 7.75. The first-order valence-electron chi connectivity index (χ1n) is 5.37. The van der Waals surface area contributed by atoms with Crippen LogP contribution in [0.25, 0.3) is 0 Å². The highest BCUT2D eigenvalue weighted by Gasteiger charge is 2.21. The second-order valence-corrected chi connectivity index (χ2v) is 5.00. The lowest BCUT2D eigenvalue weighted by Crippen LogP contribution is -2.10. The van der Waals surface area contributed by atoms with Gasteiger partial charge in [0.1, 0.15) is 0 Å². The maximum Gasteiger partial charge on any atom is 0.303 e. The second-order valence-electron chi connectivity index (χ2n) is 3.85. The van der Waals surface area contributed by atoms with E-state index in [9.17, 15) is 4.79 Å². The van der Waals surface area contributed by atoms with Gasteiger partial charge in [-0.3, -0.25) is 4.79 Å². The van der Waals surface area contributed by atoms with Crippen molar-refractivity contribution in [2.24, 2.45) is 0 Å². The maximum absolute atomic E-state index is 10.4. The van der Waals surface area contributed by atoms with Gasteiger partial charge in [0.15, 0.2) is 5.82 Å². The van der Waals surface area contributed by atoms with E-state index in [-0.39, 0.29) is 6.42 Å². The molecule has 6 heteroatoms. The third-order valence-electron chi connectivity index (χ3n) is 2.56. The number of carboxylic acids is 1. The molecule has 0 bridgehead atoms. The van der Waals surface area contributed by atoms with E-state index in [4.69, 9.17) is 9.63 Å². The minimum Gasteiger partial charge on any atom is -0.481 e. The molecule has 0 radical (unpaired) electrons. The van der Waals surface area contributed by atoms with Crippen molar-refractivity contribution in [3.05, 3.63) is 11.7 Å². The van der Waals surface area contributed by atoms with Crippen LogP contribution in [0.4, 0.5) is 0 Å². The van der Waals surface area contributed by atoms with Gasteiger partial charge in [-0.25, -0.2) is 0 Å². The summed E-state index contributed by atoms with van der Waals surface area (Å²) in [5, 5.41) is 12.5. The summed E-state index contributed by atoms with van der Waals surface area (Å²) in [6.45, 7) is 0. The largest absolute Gasteiger partial charge is 0.481 e. The fourth-order valence-electron chi connectivity index (χ4n) is 1.69. The van der Waals surface area contributed by atoms with Crippen LogP contribution in [0, 0.1) is 0 Å². The molecule has 0 spiro atoms. The predicted molar refractivity (Wildman–Crippen MR) is 59.6 cm³/mol. The number of carbonyl (C=O) groups is 1. The Bertz CT molecular complexity index is 361. The van der Waals surface area contributed by atoms with Crippen LogP contribution in [0.2, 0.25) is 0 Å². The van der Waals surface area contributed by atoms with Gasteiger partial charge in [0.05, 0.1) is 6.42 Å². The Morgan fingerprint density at radius 1 is 1.62 bits per heavy atom. The Hall–Kier alpha value is -1.04. The van der Waals surface area contributed by atoms with Crippen molar-refractivity contribution in [1.82, 2.24) is 10.1 Å². The van der Waals surface area contributed by atoms with Gasteiger partial charge in [0.2, 0.25) is 5.89 Å². The molecule has 2 heterocycles. The van der Waals surface area contributed by atoms with Gasteiger partial charge in [-0.1, -0.05) is 5.16 Å². The third-order valence-corrected chi connectivity index (χ3v) is 3.78. The lowest BCUT2D eigenvalue weighted by molar-refractivity contribution is -0.137. The summed E-state index contributed by atoms with van der Waals surface area (Å²) in [5.74, 6) is 2.97. The van der Waals surface area contributed by atoms with Crippen molar-refractivity contribution in [3.8, 4) is 0 Å². The van der Waals surface area contributed by atoms with Crippen LogP contribution in [0.3, 0.4) is 0 Å². The maximum atomic E-state index is 10.4. The molecule has 1 aromatic rings. The van der Waals surface area contributed by atoms with E-state index < -0.39 is 5.97 Å². The van der Waals surface area contributed by atoms with E-state index in [0.29, 0.717) is 18.2 Å². The number of aryl methyl sites for hydroxylation is 1. The van der Waals surface area contributed by atoms with Crippen LogP contribution in [0.5, 0.6) is 0 Å². The third kappa shape index (κ3) is 2.98. The van der Waals surface area contributed by atoms with Crippen molar-refractivity contribution in [3.63, 3.8) is 0 Å². The Morgan fingerprint density at radius 2 is 2.50 bits per heavy atom. The number of thioether (sulfide) groups is 1. The number of rotatable bonds is 4. The second kappa shape index (κ2) is 5.34. The Balaban J connectivity index is 1.93. The molecule has 88 valence electrons. The molecule has 2 rings (SSSR count). The van der Waals surface area contributed by atoms with Gasteiger partial charge in [-0.2, -0.15) is 16.7 Å².